The van der Waals surface area contributed by atoms with E-state index in [4.69, 9.17) is 9.47 Å². The number of halogens is 2. The van der Waals surface area contributed by atoms with E-state index in [9.17, 15) is 27.1 Å². The zero-order valence-electron chi connectivity index (χ0n) is 17.8. The summed E-state index contributed by atoms with van der Waals surface area (Å²) >= 11 is 0. The molecule has 8 nitrogen and oxygen atoms in total. The van der Waals surface area contributed by atoms with E-state index in [1.807, 2.05) is 0 Å². The highest BCUT2D eigenvalue weighted by Crippen LogP contribution is 2.47. The Morgan fingerprint density at radius 3 is 2.73 bits per heavy atom. The van der Waals surface area contributed by atoms with Crippen LogP contribution in [-0.2, 0) is 26.1 Å². The maximum atomic E-state index is 13.8. The number of hydrogen-bond donors (Lipinski definition) is 3. The number of nitrogens with one attached hydrogen (secondary N) is 2. The molecule has 1 amide bonds. The number of carbonyl (C=O) groups excluding carboxylic acids is 1. The maximum absolute atomic E-state index is 13.8. The first-order chi connectivity index (χ1) is 15.6. The number of rotatable bonds is 7. The van der Waals surface area contributed by atoms with Gasteiger partial charge < -0.3 is 19.9 Å². The number of carbonyl (C=O) groups is 1. The van der Waals surface area contributed by atoms with Crippen LogP contribution in [0.5, 0.6) is 5.75 Å². The topological polar surface area (TPSA) is 114 Å². The Balaban J connectivity index is 1.44. The zero-order valence-corrected chi connectivity index (χ0v) is 18.6. The van der Waals surface area contributed by atoms with E-state index in [0.29, 0.717) is 17.9 Å². The molecule has 4 atom stereocenters. The number of sulfonamides is 1. The molecule has 0 spiro atoms. The molecule has 0 aliphatic carbocycles. The molecule has 1 fully saturated rings. The molecule has 0 aromatic heterocycles. The van der Waals surface area contributed by atoms with E-state index in [-0.39, 0.29) is 31.1 Å². The van der Waals surface area contributed by atoms with Gasteiger partial charge in [-0.1, -0.05) is 0 Å². The molecule has 2 heterocycles. The molecule has 0 bridgehead atoms. The summed E-state index contributed by atoms with van der Waals surface area (Å²) in [5.41, 5.74) is 1.19. The zero-order chi connectivity index (χ0) is 23.8. The molecule has 0 unspecified atom stereocenters. The molecule has 2 aromatic rings. The molecule has 3 N–H and O–H groups in total. The largest absolute Gasteiger partial charge is 0.487 e. The lowest BCUT2D eigenvalue weighted by molar-refractivity contribution is -0.142. The highest BCUT2D eigenvalue weighted by molar-refractivity contribution is 7.92. The Labute approximate surface area is 190 Å². The highest BCUT2D eigenvalue weighted by Gasteiger charge is 2.46. The number of hydrogen-bond acceptors (Lipinski definition) is 6. The van der Waals surface area contributed by atoms with Gasteiger partial charge in [-0.25, -0.2) is 17.2 Å². The second-order valence-corrected chi connectivity index (χ2v) is 10.00. The number of fused-ring (bicyclic) bond motifs is 3. The predicted octanol–water partition coefficient (Wildman–Crippen LogP) is 2.04. The summed E-state index contributed by atoms with van der Waals surface area (Å²) in [5.74, 6) is -1.28. The minimum absolute atomic E-state index is 0.0326. The SMILES string of the molecule is CS(=O)(=O)Nc1ccc2c(c1)[C@@H]1C[C@@H](CC(=O)NCc3cc(F)ccc3F)O[C@@H](CO)[C@@H]1O2. The van der Waals surface area contributed by atoms with E-state index >= 15 is 0 Å². The quantitative estimate of drug-likeness (QED) is 0.557. The van der Waals surface area contributed by atoms with E-state index in [1.165, 1.54) is 0 Å². The number of aliphatic hydroxyl groups is 1. The summed E-state index contributed by atoms with van der Waals surface area (Å²) in [6.45, 7) is -0.493. The van der Waals surface area contributed by atoms with Crippen LogP contribution < -0.4 is 14.8 Å². The van der Waals surface area contributed by atoms with Gasteiger partial charge in [-0.15, -0.1) is 0 Å². The van der Waals surface area contributed by atoms with Crippen LogP contribution >= 0.6 is 0 Å². The molecular formula is C22H24F2N2O6S. The van der Waals surface area contributed by atoms with Crippen molar-refractivity contribution in [3.63, 3.8) is 0 Å². The van der Waals surface area contributed by atoms with Gasteiger partial charge in [0.2, 0.25) is 15.9 Å². The molecule has 2 aliphatic rings. The summed E-state index contributed by atoms with van der Waals surface area (Å²) in [6.07, 6.45) is -0.298. The lowest BCUT2D eigenvalue weighted by Crippen LogP contribution is -2.47. The third-order valence-corrected chi connectivity index (χ3v) is 6.31. The molecule has 4 rings (SSSR count). The van der Waals surface area contributed by atoms with Gasteiger partial charge in [0.15, 0.2) is 0 Å². The number of benzene rings is 2. The first-order valence-corrected chi connectivity index (χ1v) is 12.3. The van der Waals surface area contributed by atoms with Crippen LogP contribution in [0.2, 0.25) is 0 Å². The van der Waals surface area contributed by atoms with Crippen molar-refractivity contribution in [3.8, 4) is 5.75 Å². The van der Waals surface area contributed by atoms with Crippen molar-refractivity contribution in [2.24, 2.45) is 0 Å². The van der Waals surface area contributed by atoms with Gasteiger partial charge in [0.05, 0.1) is 25.4 Å². The average molecular weight is 483 g/mol. The Hall–Kier alpha value is -2.76. The Kier molecular flexibility index (Phi) is 6.55. The van der Waals surface area contributed by atoms with E-state index < -0.39 is 45.9 Å². The van der Waals surface area contributed by atoms with Gasteiger partial charge in [0, 0.05) is 29.3 Å². The van der Waals surface area contributed by atoms with Gasteiger partial charge in [0.25, 0.3) is 0 Å². The van der Waals surface area contributed by atoms with E-state index in [0.717, 1.165) is 30.0 Å². The Morgan fingerprint density at radius 2 is 2.00 bits per heavy atom. The first kappa shape index (κ1) is 23.4. The van der Waals surface area contributed by atoms with Gasteiger partial charge in [-0.3, -0.25) is 9.52 Å². The average Bonchev–Trinajstić information content (AvgIpc) is 3.10. The van der Waals surface area contributed by atoms with Gasteiger partial charge in [-0.05, 0) is 42.8 Å². The lowest BCUT2D eigenvalue weighted by atomic mass is 9.84. The normalized spacial score (nSPS) is 23.9. The molecule has 178 valence electrons. The molecule has 11 heteroatoms. The third kappa shape index (κ3) is 5.43. The third-order valence-electron chi connectivity index (χ3n) is 5.70. The van der Waals surface area contributed by atoms with Crippen molar-refractivity contribution in [1.82, 2.24) is 5.32 Å². The summed E-state index contributed by atoms with van der Waals surface area (Å²) in [5, 5.41) is 12.4. The highest BCUT2D eigenvalue weighted by atomic mass is 32.2. The summed E-state index contributed by atoms with van der Waals surface area (Å²) < 4.78 is 64.5. The predicted molar refractivity (Wildman–Crippen MR) is 115 cm³/mol. The van der Waals surface area contributed by atoms with Crippen LogP contribution in [0.3, 0.4) is 0 Å². The molecule has 1 saturated heterocycles. The number of anilines is 1. The second-order valence-electron chi connectivity index (χ2n) is 8.25. The molecule has 33 heavy (non-hydrogen) atoms. The number of ether oxygens (including phenoxy) is 2. The van der Waals surface area contributed by atoms with Crippen LogP contribution in [0.15, 0.2) is 36.4 Å². The molecule has 0 radical (unpaired) electrons. The molecule has 2 aromatic carbocycles. The fourth-order valence-electron chi connectivity index (χ4n) is 4.32. The smallest absolute Gasteiger partial charge is 0.229 e. The van der Waals surface area contributed by atoms with Crippen molar-refractivity contribution in [2.75, 3.05) is 17.6 Å². The van der Waals surface area contributed by atoms with Crippen LogP contribution in [0.4, 0.5) is 14.5 Å². The lowest BCUT2D eigenvalue weighted by Gasteiger charge is -2.37. The summed E-state index contributed by atoms with van der Waals surface area (Å²) in [7, 11) is -3.46. The van der Waals surface area contributed by atoms with Crippen LogP contribution in [0, 0.1) is 11.6 Å². The van der Waals surface area contributed by atoms with Crippen molar-refractivity contribution >= 4 is 21.6 Å². The van der Waals surface area contributed by atoms with Crippen molar-refractivity contribution < 1.29 is 36.6 Å². The number of amides is 1. The van der Waals surface area contributed by atoms with Crippen LogP contribution in [-0.4, -0.2) is 50.6 Å². The summed E-state index contributed by atoms with van der Waals surface area (Å²) in [6, 6.07) is 7.95. The van der Waals surface area contributed by atoms with Gasteiger partial charge >= 0.3 is 0 Å². The number of aliphatic hydroxyl groups excluding tert-OH is 1. The molecule has 2 aliphatic heterocycles. The molecular weight excluding hydrogens is 458 g/mol. The maximum Gasteiger partial charge on any atom is 0.229 e. The van der Waals surface area contributed by atoms with Gasteiger partial charge in [-0.2, -0.15) is 0 Å². The van der Waals surface area contributed by atoms with Crippen LogP contribution in [0.1, 0.15) is 29.9 Å². The van der Waals surface area contributed by atoms with E-state index in [1.54, 1.807) is 18.2 Å². The Bertz CT molecular complexity index is 1160. The minimum Gasteiger partial charge on any atom is -0.487 e. The monoisotopic (exact) mass is 482 g/mol. The van der Waals surface area contributed by atoms with Crippen molar-refractivity contribution in [3.05, 3.63) is 59.2 Å². The van der Waals surface area contributed by atoms with Crippen molar-refractivity contribution in [2.45, 2.75) is 43.6 Å². The molecule has 0 saturated carbocycles. The fraction of sp³-hybridized carbons (Fsp3) is 0.409. The Morgan fingerprint density at radius 1 is 1.21 bits per heavy atom. The summed E-state index contributed by atoms with van der Waals surface area (Å²) in [4.78, 5) is 12.4. The minimum atomic E-state index is -3.46. The van der Waals surface area contributed by atoms with E-state index in [2.05, 4.69) is 10.0 Å². The van der Waals surface area contributed by atoms with Gasteiger partial charge in [0.1, 0.15) is 29.6 Å². The standard InChI is InChI=1S/C22H24F2N2O6S/c1-33(29,30)26-14-3-5-19-16(7-14)17-8-15(31-20(11-27)22(17)32-19)9-21(28)25-10-12-6-13(23)2-4-18(12)24/h2-7,15,17,20,22,26-27H,8-11H2,1H3,(H,25,28)/t15-,17-,20-,22+/m0/s1. The fourth-order valence-corrected chi connectivity index (χ4v) is 4.87. The second kappa shape index (κ2) is 9.24. The van der Waals surface area contributed by atoms with Crippen molar-refractivity contribution in [1.29, 1.82) is 0 Å². The van der Waals surface area contributed by atoms with Crippen LogP contribution in [0.25, 0.3) is 0 Å². The first-order valence-electron chi connectivity index (χ1n) is 10.4.